The molecule has 0 saturated heterocycles. The first-order chi connectivity index (χ1) is 5.88. The molecule has 0 N–H and O–H groups in total. The summed E-state index contributed by atoms with van der Waals surface area (Å²) in [6.07, 6.45) is 2.44. The lowest BCUT2D eigenvalue weighted by molar-refractivity contribution is -0.106. The van der Waals surface area contributed by atoms with E-state index in [-0.39, 0.29) is 0 Å². The number of hydrogen-bond acceptors (Lipinski definition) is 5. The van der Waals surface area contributed by atoms with Gasteiger partial charge in [0.2, 0.25) is 6.41 Å². The van der Waals surface area contributed by atoms with Crippen molar-refractivity contribution in [2.75, 3.05) is 10.1 Å². The van der Waals surface area contributed by atoms with Gasteiger partial charge in [0.1, 0.15) is 0 Å². The van der Waals surface area contributed by atoms with Gasteiger partial charge in [-0.05, 0) is 23.5 Å². The Morgan fingerprint density at radius 1 is 1.83 bits per heavy atom. The first-order valence-corrected chi connectivity index (χ1v) is 4.91. The van der Waals surface area contributed by atoms with E-state index < -0.39 is 0 Å². The molecule has 0 aromatic carbocycles. The molecule has 0 radical (unpaired) electrons. The molecule has 0 unspecified atom stereocenters. The molecule has 1 rings (SSSR count). The summed E-state index contributed by atoms with van der Waals surface area (Å²) in [7, 11) is 0. The van der Waals surface area contributed by atoms with Crippen molar-refractivity contribution in [2.24, 2.45) is 0 Å². The van der Waals surface area contributed by atoms with Gasteiger partial charge in [0, 0.05) is 5.75 Å². The normalized spacial score (nSPS) is 9.33. The monoisotopic (exact) mass is 201 g/mol. The predicted molar refractivity (Wildman–Crippen MR) is 51.1 cm³/mol. The van der Waals surface area contributed by atoms with E-state index in [9.17, 15) is 4.79 Å². The highest BCUT2D eigenvalue weighted by Crippen LogP contribution is 2.18. The van der Waals surface area contributed by atoms with Gasteiger partial charge in [0.15, 0.2) is 5.82 Å². The minimum absolute atomic E-state index is 0.571. The average molecular weight is 201 g/mol. The molecule has 0 saturated carbocycles. The summed E-state index contributed by atoms with van der Waals surface area (Å²) in [5.41, 5.74) is 0. The summed E-state index contributed by atoms with van der Waals surface area (Å²) in [6.45, 7) is 3.55. The molecule has 1 heterocycles. The minimum Gasteiger partial charge on any atom is -0.277 e. The van der Waals surface area contributed by atoms with Crippen LogP contribution in [0.3, 0.4) is 0 Å². The lowest BCUT2D eigenvalue weighted by Crippen LogP contribution is -2.11. The van der Waals surface area contributed by atoms with E-state index in [0.717, 1.165) is 0 Å². The van der Waals surface area contributed by atoms with E-state index in [2.05, 4.69) is 16.2 Å². The number of amides is 1. The average Bonchev–Trinajstić information content (AvgIpc) is 2.59. The molecule has 1 aromatic rings. The van der Waals surface area contributed by atoms with Crippen LogP contribution in [0, 0.1) is 0 Å². The summed E-state index contributed by atoms with van der Waals surface area (Å²) >= 11 is 2.55. The van der Waals surface area contributed by atoms with Gasteiger partial charge >= 0.3 is 0 Å². The lowest BCUT2D eigenvalue weighted by atomic mass is 10.8. The number of nitrogens with zero attached hydrogens (tertiary/aromatic N) is 3. The van der Waals surface area contributed by atoms with E-state index >= 15 is 0 Å². The Morgan fingerprint density at radius 2 is 2.67 bits per heavy atom. The second-order valence-corrected chi connectivity index (χ2v) is 3.37. The maximum absolute atomic E-state index is 10.5. The third-order valence-corrected chi connectivity index (χ3v) is 2.43. The van der Waals surface area contributed by atoms with Gasteiger partial charge in [-0.3, -0.25) is 4.79 Å². The number of carbonyl (C=O) groups is 1. The molecule has 0 aliphatic rings. The number of aromatic nitrogens is 2. The first kappa shape index (κ1) is 9.21. The maximum Gasteiger partial charge on any atom is 0.225 e. The van der Waals surface area contributed by atoms with Crippen molar-refractivity contribution in [1.29, 1.82) is 0 Å². The molecule has 0 aliphatic heterocycles. The summed E-state index contributed by atoms with van der Waals surface area (Å²) in [5, 5.41) is 5.46. The third kappa shape index (κ3) is 2.31. The van der Waals surface area contributed by atoms with Gasteiger partial charge in [0.05, 0.1) is 5.38 Å². The van der Waals surface area contributed by atoms with Gasteiger partial charge in [0.25, 0.3) is 0 Å². The fraction of sp³-hybridized carbons (Fsp3) is 0.167. The number of carbonyl (C=O) groups excluding carboxylic acids is 1. The molecule has 0 spiro atoms. The summed E-state index contributed by atoms with van der Waals surface area (Å²) in [6, 6.07) is 0. The first-order valence-electron chi connectivity index (χ1n) is 3.14. The van der Waals surface area contributed by atoms with Gasteiger partial charge in [-0.1, -0.05) is 10.6 Å². The van der Waals surface area contributed by atoms with E-state index in [1.165, 1.54) is 27.8 Å². The van der Waals surface area contributed by atoms with Crippen LogP contribution in [0.4, 0.5) is 5.82 Å². The fourth-order valence-corrected chi connectivity index (χ4v) is 1.59. The smallest absolute Gasteiger partial charge is 0.225 e. The van der Waals surface area contributed by atoms with Gasteiger partial charge < -0.3 is 0 Å². The van der Waals surface area contributed by atoms with Crippen LogP contribution in [0.2, 0.25) is 0 Å². The highest BCUT2D eigenvalue weighted by atomic mass is 32.2. The molecule has 0 atom stereocenters. The second-order valence-electron chi connectivity index (χ2n) is 1.78. The predicted octanol–water partition coefficient (Wildman–Crippen LogP) is 1.34. The van der Waals surface area contributed by atoms with E-state index in [0.29, 0.717) is 18.0 Å². The third-order valence-electron chi connectivity index (χ3n) is 1.00. The van der Waals surface area contributed by atoms with Crippen LogP contribution in [0.25, 0.3) is 0 Å². The molecular formula is C6H7N3OS2. The van der Waals surface area contributed by atoms with Crippen LogP contribution in [0.1, 0.15) is 0 Å². The molecule has 0 fully saturated rings. The van der Waals surface area contributed by atoms with Crippen molar-refractivity contribution in [3.05, 3.63) is 18.0 Å². The Kier molecular flexibility index (Phi) is 3.75. The van der Waals surface area contributed by atoms with Crippen LogP contribution >= 0.6 is 23.5 Å². The summed E-state index contributed by atoms with van der Waals surface area (Å²) < 4.78 is 5.07. The fourth-order valence-electron chi connectivity index (χ4n) is 0.539. The van der Waals surface area contributed by atoms with E-state index in [1.807, 2.05) is 0 Å². The van der Waals surface area contributed by atoms with Crippen LogP contribution in [-0.4, -0.2) is 21.7 Å². The van der Waals surface area contributed by atoms with E-state index in [4.69, 9.17) is 0 Å². The van der Waals surface area contributed by atoms with Crippen molar-refractivity contribution in [1.82, 2.24) is 9.59 Å². The van der Waals surface area contributed by atoms with Crippen LogP contribution in [0.15, 0.2) is 18.0 Å². The zero-order chi connectivity index (χ0) is 8.81. The SMILES string of the molecule is C=CCSN(C=O)c1csnn1. The molecular weight excluding hydrogens is 194 g/mol. The zero-order valence-electron chi connectivity index (χ0n) is 6.21. The standard InChI is InChI=1S/C6H7N3OS2/c1-2-3-12-9(5-10)6-4-11-8-7-6/h2,4-5H,1,3H2. The zero-order valence-corrected chi connectivity index (χ0v) is 7.85. The van der Waals surface area contributed by atoms with Crippen LogP contribution in [0.5, 0.6) is 0 Å². The van der Waals surface area contributed by atoms with Gasteiger partial charge in [-0.25, -0.2) is 4.31 Å². The Bertz CT molecular complexity index is 249. The minimum atomic E-state index is 0.571. The summed E-state index contributed by atoms with van der Waals surface area (Å²) in [5.74, 6) is 1.25. The van der Waals surface area contributed by atoms with Crippen molar-refractivity contribution in [2.45, 2.75) is 0 Å². The molecule has 6 heteroatoms. The number of anilines is 1. The second kappa shape index (κ2) is 4.89. The van der Waals surface area contributed by atoms with Gasteiger partial charge in [-0.15, -0.1) is 11.7 Å². The number of hydrogen-bond donors (Lipinski definition) is 0. The largest absolute Gasteiger partial charge is 0.277 e. The van der Waals surface area contributed by atoms with Crippen molar-refractivity contribution < 1.29 is 4.79 Å². The molecule has 12 heavy (non-hydrogen) atoms. The molecule has 0 aliphatic carbocycles. The van der Waals surface area contributed by atoms with Crippen LogP contribution < -0.4 is 4.31 Å². The Labute approximate surface area is 78.6 Å². The Hall–Kier alpha value is -0.880. The Balaban J connectivity index is 2.56. The van der Waals surface area contributed by atoms with Crippen LogP contribution in [-0.2, 0) is 4.79 Å². The highest BCUT2D eigenvalue weighted by molar-refractivity contribution is 8.01. The quantitative estimate of drug-likeness (QED) is 0.409. The van der Waals surface area contributed by atoms with Crippen molar-refractivity contribution in [3.8, 4) is 0 Å². The lowest BCUT2D eigenvalue weighted by Gasteiger charge is -2.09. The summed E-state index contributed by atoms with van der Waals surface area (Å²) in [4.78, 5) is 10.5. The van der Waals surface area contributed by atoms with Gasteiger partial charge in [-0.2, -0.15) is 0 Å². The van der Waals surface area contributed by atoms with Crippen molar-refractivity contribution in [3.63, 3.8) is 0 Å². The Morgan fingerprint density at radius 3 is 3.17 bits per heavy atom. The maximum atomic E-state index is 10.5. The van der Waals surface area contributed by atoms with E-state index in [1.54, 1.807) is 11.5 Å². The highest BCUT2D eigenvalue weighted by Gasteiger charge is 2.06. The molecule has 1 aromatic heterocycles. The topological polar surface area (TPSA) is 46.1 Å². The molecule has 64 valence electrons. The molecule has 1 amide bonds. The van der Waals surface area contributed by atoms with Crippen molar-refractivity contribution >= 4 is 35.7 Å². The number of rotatable bonds is 5. The molecule has 4 nitrogen and oxygen atoms in total. The molecule has 0 bridgehead atoms.